The van der Waals surface area contributed by atoms with E-state index in [2.05, 4.69) is 10.0 Å². The molecular formula is C14H21N3O3S. The number of sulfonamides is 1. The minimum atomic E-state index is -3.37. The van der Waals surface area contributed by atoms with Crippen molar-refractivity contribution in [2.24, 2.45) is 5.73 Å². The van der Waals surface area contributed by atoms with Crippen molar-refractivity contribution in [3.8, 4) is 0 Å². The average Bonchev–Trinajstić information content (AvgIpc) is 2.46. The first-order chi connectivity index (χ1) is 9.96. The number of nitrogens with one attached hydrogen (secondary N) is 2. The molecule has 1 aliphatic heterocycles. The summed E-state index contributed by atoms with van der Waals surface area (Å²) in [6.07, 6.45) is 3.95. The Labute approximate surface area is 125 Å². The molecule has 1 unspecified atom stereocenters. The Balaban J connectivity index is 1.89. The summed E-state index contributed by atoms with van der Waals surface area (Å²) < 4.78 is 26.6. The molecule has 1 atom stereocenters. The molecule has 7 heteroatoms. The molecule has 1 aliphatic rings. The van der Waals surface area contributed by atoms with Crippen LogP contribution in [0.4, 0.5) is 5.69 Å². The number of amides is 1. The van der Waals surface area contributed by atoms with Crippen LogP contribution < -0.4 is 15.8 Å². The second-order valence-electron chi connectivity index (χ2n) is 5.30. The molecule has 1 aromatic rings. The van der Waals surface area contributed by atoms with Gasteiger partial charge in [0, 0.05) is 17.3 Å². The Kier molecular flexibility index (Phi) is 5.19. The van der Waals surface area contributed by atoms with Gasteiger partial charge >= 0.3 is 0 Å². The Bertz CT molecular complexity index is 578. The number of carbonyl (C=O) groups excluding carboxylic acids is 1. The number of hydrogen-bond acceptors (Lipinski definition) is 4. The smallest absolute Gasteiger partial charge is 0.248 e. The van der Waals surface area contributed by atoms with E-state index in [0.717, 1.165) is 25.8 Å². The van der Waals surface area contributed by atoms with Gasteiger partial charge in [0.05, 0.1) is 5.75 Å². The molecule has 1 heterocycles. The van der Waals surface area contributed by atoms with Crippen LogP contribution in [0.25, 0.3) is 0 Å². The largest absolute Gasteiger partial charge is 0.366 e. The summed E-state index contributed by atoms with van der Waals surface area (Å²) in [5.41, 5.74) is 5.93. The van der Waals surface area contributed by atoms with Gasteiger partial charge in [-0.25, -0.2) is 8.42 Å². The zero-order valence-corrected chi connectivity index (χ0v) is 12.7. The minimum Gasteiger partial charge on any atom is -0.366 e. The van der Waals surface area contributed by atoms with E-state index in [-0.39, 0.29) is 11.8 Å². The number of carbonyl (C=O) groups is 1. The van der Waals surface area contributed by atoms with E-state index in [9.17, 15) is 13.2 Å². The van der Waals surface area contributed by atoms with Gasteiger partial charge in [0.15, 0.2) is 0 Å². The SMILES string of the molecule is NC(=O)c1ccc(NS(=O)(=O)CCC2CCCCN2)cc1. The van der Waals surface area contributed by atoms with Crippen LogP contribution in [-0.4, -0.2) is 32.7 Å². The molecule has 0 bridgehead atoms. The molecule has 21 heavy (non-hydrogen) atoms. The molecular weight excluding hydrogens is 290 g/mol. The first-order valence-corrected chi connectivity index (χ1v) is 8.75. The van der Waals surface area contributed by atoms with Crippen LogP contribution in [0.2, 0.25) is 0 Å². The molecule has 0 radical (unpaired) electrons. The minimum absolute atomic E-state index is 0.0856. The van der Waals surface area contributed by atoms with Gasteiger partial charge in [0.25, 0.3) is 0 Å². The second-order valence-corrected chi connectivity index (χ2v) is 7.14. The Hall–Kier alpha value is -1.60. The maximum absolute atomic E-state index is 12.0. The summed E-state index contributed by atoms with van der Waals surface area (Å²) in [5, 5.41) is 3.33. The fourth-order valence-corrected chi connectivity index (χ4v) is 3.59. The number of piperidine rings is 1. The number of hydrogen-bond donors (Lipinski definition) is 3. The van der Waals surface area contributed by atoms with Crippen molar-refractivity contribution >= 4 is 21.6 Å². The summed E-state index contributed by atoms with van der Waals surface area (Å²) in [6, 6.07) is 6.37. The van der Waals surface area contributed by atoms with Crippen molar-refractivity contribution in [3.05, 3.63) is 29.8 Å². The standard InChI is InChI=1S/C14H21N3O3S/c15-14(18)11-4-6-13(7-5-11)17-21(19,20)10-8-12-3-1-2-9-16-12/h4-7,12,16-17H,1-3,8-10H2,(H2,15,18). The third kappa shape index (κ3) is 5.02. The molecule has 1 saturated heterocycles. The zero-order chi connectivity index (χ0) is 15.3. The van der Waals surface area contributed by atoms with Gasteiger partial charge in [-0.15, -0.1) is 0 Å². The topological polar surface area (TPSA) is 101 Å². The number of benzene rings is 1. The highest BCUT2D eigenvalue weighted by Crippen LogP contribution is 2.14. The van der Waals surface area contributed by atoms with E-state index in [1.165, 1.54) is 24.3 Å². The van der Waals surface area contributed by atoms with Crippen LogP contribution in [0.5, 0.6) is 0 Å². The quantitative estimate of drug-likeness (QED) is 0.731. The number of rotatable bonds is 6. The number of primary amides is 1. The summed E-state index contributed by atoms with van der Waals surface area (Å²) in [5.74, 6) is -0.449. The molecule has 2 rings (SSSR count). The lowest BCUT2D eigenvalue weighted by molar-refractivity contribution is 0.100. The molecule has 0 saturated carbocycles. The van der Waals surface area contributed by atoms with E-state index in [4.69, 9.17) is 5.73 Å². The molecule has 0 aromatic heterocycles. The van der Waals surface area contributed by atoms with Gasteiger partial charge in [0.2, 0.25) is 15.9 Å². The normalized spacial score (nSPS) is 19.1. The lowest BCUT2D eigenvalue weighted by atomic mass is 10.0. The number of nitrogens with two attached hydrogens (primary N) is 1. The maximum Gasteiger partial charge on any atom is 0.248 e. The van der Waals surface area contributed by atoms with Crippen LogP contribution in [0.3, 0.4) is 0 Å². The first-order valence-electron chi connectivity index (χ1n) is 7.10. The second kappa shape index (κ2) is 6.91. The molecule has 116 valence electrons. The first kappa shape index (κ1) is 15.8. The third-order valence-electron chi connectivity index (χ3n) is 3.59. The van der Waals surface area contributed by atoms with Gasteiger partial charge in [0.1, 0.15) is 0 Å². The van der Waals surface area contributed by atoms with E-state index in [1.54, 1.807) is 0 Å². The fraction of sp³-hybridized carbons (Fsp3) is 0.500. The van der Waals surface area contributed by atoms with Crippen LogP contribution in [0.15, 0.2) is 24.3 Å². The fourth-order valence-electron chi connectivity index (χ4n) is 2.40. The Morgan fingerprint density at radius 1 is 1.29 bits per heavy atom. The van der Waals surface area contributed by atoms with Crippen LogP contribution >= 0.6 is 0 Å². The van der Waals surface area contributed by atoms with E-state index < -0.39 is 15.9 Å². The highest BCUT2D eigenvalue weighted by molar-refractivity contribution is 7.92. The van der Waals surface area contributed by atoms with Gasteiger partial charge in [-0.05, 0) is 50.1 Å². The van der Waals surface area contributed by atoms with Crippen LogP contribution in [0, 0.1) is 0 Å². The summed E-state index contributed by atoms with van der Waals surface area (Å²) >= 11 is 0. The van der Waals surface area contributed by atoms with E-state index in [1.807, 2.05) is 0 Å². The summed E-state index contributed by atoms with van der Waals surface area (Å²) in [7, 11) is -3.37. The monoisotopic (exact) mass is 311 g/mol. The average molecular weight is 311 g/mol. The van der Waals surface area contributed by atoms with E-state index in [0.29, 0.717) is 17.7 Å². The van der Waals surface area contributed by atoms with Gasteiger partial charge in [-0.2, -0.15) is 0 Å². The predicted molar refractivity (Wildman–Crippen MR) is 82.6 cm³/mol. The highest BCUT2D eigenvalue weighted by atomic mass is 32.2. The molecule has 6 nitrogen and oxygen atoms in total. The Morgan fingerprint density at radius 3 is 2.57 bits per heavy atom. The molecule has 0 aliphatic carbocycles. The van der Waals surface area contributed by atoms with Crippen molar-refractivity contribution in [2.75, 3.05) is 17.0 Å². The zero-order valence-electron chi connectivity index (χ0n) is 11.8. The summed E-state index contributed by atoms with van der Waals surface area (Å²) in [4.78, 5) is 11.0. The predicted octanol–water partition coefficient (Wildman–Crippen LogP) is 1.06. The van der Waals surface area contributed by atoms with Gasteiger partial charge in [-0.3, -0.25) is 9.52 Å². The van der Waals surface area contributed by atoms with Crippen molar-refractivity contribution in [1.82, 2.24) is 5.32 Å². The van der Waals surface area contributed by atoms with Crippen LogP contribution in [0.1, 0.15) is 36.0 Å². The molecule has 0 spiro atoms. The molecule has 4 N–H and O–H groups in total. The molecule has 1 fully saturated rings. The number of anilines is 1. The highest BCUT2D eigenvalue weighted by Gasteiger charge is 2.17. The third-order valence-corrected chi connectivity index (χ3v) is 4.91. The van der Waals surface area contributed by atoms with Crippen molar-refractivity contribution in [2.45, 2.75) is 31.7 Å². The van der Waals surface area contributed by atoms with Gasteiger partial charge < -0.3 is 11.1 Å². The van der Waals surface area contributed by atoms with Crippen LogP contribution in [-0.2, 0) is 10.0 Å². The lowest BCUT2D eigenvalue weighted by Gasteiger charge is -2.23. The lowest BCUT2D eigenvalue weighted by Crippen LogP contribution is -2.36. The van der Waals surface area contributed by atoms with Crippen molar-refractivity contribution < 1.29 is 13.2 Å². The van der Waals surface area contributed by atoms with E-state index >= 15 is 0 Å². The molecule has 1 aromatic carbocycles. The van der Waals surface area contributed by atoms with Crippen molar-refractivity contribution in [3.63, 3.8) is 0 Å². The summed E-state index contributed by atoms with van der Waals surface area (Å²) in [6.45, 7) is 0.965. The maximum atomic E-state index is 12.0. The Morgan fingerprint density at radius 2 is 2.00 bits per heavy atom. The van der Waals surface area contributed by atoms with Gasteiger partial charge in [-0.1, -0.05) is 6.42 Å². The van der Waals surface area contributed by atoms with Crippen molar-refractivity contribution in [1.29, 1.82) is 0 Å². The molecule has 1 amide bonds.